The molecule has 0 radical (unpaired) electrons. The molecule has 0 bridgehead atoms. The van der Waals surface area contributed by atoms with E-state index < -0.39 is 0 Å². The van der Waals surface area contributed by atoms with Gasteiger partial charge in [0, 0.05) is 23.3 Å². The Bertz CT molecular complexity index is 590. The minimum atomic E-state index is -0.0880. The first kappa shape index (κ1) is 16.1. The van der Waals surface area contributed by atoms with Crippen LogP contribution in [-0.4, -0.2) is 21.9 Å². The fourth-order valence-electron chi connectivity index (χ4n) is 3.32. The van der Waals surface area contributed by atoms with Gasteiger partial charge in [-0.05, 0) is 43.2 Å². The maximum atomic E-state index is 12.4. The van der Waals surface area contributed by atoms with Crippen molar-refractivity contribution < 1.29 is 4.79 Å². The molecule has 2 atom stereocenters. The van der Waals surface area contributed by atoms with Crippen molar-refractivity contribution in [1.29, 1.82) is 0 Å². The second-order valence-electron chi connectivity index (χ2n) is 6.28. The monoisotopic (exact) mass is 332 g/mol. The summed E-state index contributed by atoms with van der Waals surface area (Å²) in [4.78, 5) is 13.7. The Morgan fingerprint density at radius 2 is 2.22 bits per heavy atom. The summed E-state index contributed by atoms with van der Waals surface area (Å²) in [5, 5.41) is 12.5. The van der Waals surface area contributed by atoms with Crippen LogP contribution in [0.25, 0.3) is 0 Å². The average Bonchev–Trinajstić information content (AvgIpc) is 3.27. The highest BCUT2D eigenvalue weighted by atomic mass is 32.1. The lowest BCUT2D eigenvalue weighted by Gasteiger charge is -2.25. The van der Waals surface area contributed by atoms with Crippen LogP contribution < -0.4 is 10.6 Å². The van der Waals surface area contributed by atoms with Crippen molar-refractivity contribution >= 4 is 17.4 Å². The smallest absolute Gasteiger partial charge is 0.315 e. The highest BCUT2D eigenvalue weighted by molar-refractivity contribution is 7.10. The van der Waals surface area contributed by atoms with Gasteiger partial charge in [-0.1, -0.05) is 18.9 Å². The first-order valence-corrected chi connectivity index (χ1v) is 9.18. The number of hydrogen-bond acceptors (Lipinski definition) is 3. The van der Waals surface area contributed by atoms with E-state index in [9.17, 15) is 4.79 Å². The van der Waals surface area contributed by atoms with Crippen molar-refractivity contribution in [3.63, 3.8) is 0 Å². The molecule has 1 aliphatic carbocycles. The molecule has 1 fully saturated rings. The van der Waals surface area contributed by atoms with Gasteiger partial charge in [-0.15, -0.1) is 11.3 Å². The quantitative estimate of drug-likeness (QED) is 0.849. The van der Waals surface area contributed by atoms with Crippen LogP contribution >= 0.6 is 11.3 Å². The summed E-state index contributed by atoms with van der Waals surface area (Å²) in [6, 6.07) is 6.15. The Kier molecular flexibility index (Phi) is 5.33. The van der Waals surface area contributed by atoms with Crippen molar-refractivity contribution in [3.05, 3.63) is 40.8 Å². The van der Waals surface area contributed by atoms with E-state index in [2.05, 4.69) is 33.2 Å². The summed E-state index contributed by atoms with van der Waals surface area (Å²) in [5.74, 6) is 0.556. The first-order valence-electron chi connectivity index (χ1n) is 8.30. The summed E-state index contributed by atoms with van der Waals surface area (Å²) in [5.41, 5.74) is 0. The molecule has 0 unspecified atom stereocenters. The average molecular weight is 332 g/mol. The molecule has 3 rings (SSSR count). The molecule has 124 valence electrons. The van der Waals surface area contributed by atoms with E-state index in [1.54, 1.807) is 17.5 Å². The normalized spacial score (nSPS) is 17.8. The molecule has 0 saturated heterocycles. The largest absolute Gasteiger partial charge is 0.334 e. The molecule has 2 aromatic rings. The Balaban J connectivity index is 1.57. The van der Waals surface area contributed by atoms with E-state index in [4.69, 9.17) is 0 Å². The standard InChI is InChI=1S/C17H24N4OS/c1-13(12-21-10-5-9-18-21)19-17(22)20-16(14-6-2-3-7-14)15-8-4-11-23-15/h4-5,8-11,13-14,16H,2-3,6-7,12H2,1H3,(H2,19,20,22)/t13-,16-/m0/s1. The van der Waals surface area contributed by atoms with Gasteiger partial charge in [0.2, 0.25) is 0 Å². The summed E-state index contributed by atoms with van der Waals surface area (Å²) in [6.45, 7) is 2.67. The number of rotatable bonds is 6. The highest BCUT2D eigenvalue weighted by Gasteiger charge is 2.28. The molecular formula is C17H24N4OS. The molecule has 2 heterocycles. The van der Waals surface area contributed by atoms with Crippen LogP contribution in [0.5, 0.6) is 0 Å². The topological polar surface area (TPSA) is 59.0 Å². The lowest BCUT2D eigenvalue weighted by molar-refractivity contribution is 0.227. The number of urea groups is 1. The van der Waals surface area contributed by atoms with Crippen LogP contribution in [0.3, 0.4) is 0 Å². The Morgan fingerprint density at radius 1 is 1.39 bits per heavy atom. The molecule has 2 aromatic heterocycles. The molecule has 2 N–H and O–H groups in total. The van der Waals surface area contributed by atoms with Gasteiger partial charge in [0.15, 0.2) is 0 Å². The summed E-state index contributed by atoms with van der Waals surface area (Å²) < 4.78 is 1.83. The van der Waals surface area contributed by atoms with Crippen LogP contribution in [0.15, 0.2) is 36.0 Å². The number of carbonyl (C=O) groups is 1. The van der Waals surface area contributed by atoms with Crippen molar-refractivity contribution in [3.8, 4) is 0 Å². The molecule has 1 aliphatic rings. The Hall–Kier alpha value is -1.82. The molecule has 0 spiro atoms. The third kappa shape index (κ3) is 4.34. The first-order chi connectivity index (χ1) is 11.2. The number of amides is 2. The predicted octanol–water partition coefficient (Wildman–Crippen LogP) is 3.56. The number of nitrogens with zero attached hydrogens (tertiary/aromatic N) is 2. The Labute approximate surface area is 141 Å². The second kappa shape index (κ2) is 7.64. The second-order valence-corrected chi connectivity index (χ2v) is 7.26. The minimum absolute atomic E-state index is 0.0301. The molecule has 0 aromatic carbocycles. The van der Waals surface area contributed by atoms with Gasteiger partial charge in [0.1, 0.15) is 0 Å². The zero-order valence-electron chi connectivity index (χ0n) is 13.4. The van der Waals surface area contributed by atoms with Crippen molar-refractivity contribution in [2.24, 2.45) is 5.92 Å². The highest BCUT2D eigenvalue weighted by Crippen LogP contribution is 2.37. The summed E-state index contributed by atoms with van der Waals surface area (Å²) in [6.07, 6.45) is 8.59. The van der Waals surface area contributed by atoms with E-state index in [1.807, 2.05) is 23.9 Å². The van der Waals surface area contributed by atoms with E-state index in [0.29, 0.717) is 12.5 Å². The predicted molar refractivity (Wildman–Crippen MR) is 92.4 cm³/mol. The maximum Gasteiger partial charge on any atom is 0.315 e. The third-order valence-corrected chi connectivity index (χ3v) is 5.36. The van der Waals surface area contributed by atoms with Crippen molar-refractivity contribution in [2.75, 3.05) is 0 Å². The van der Waals surface area contributed by atoms with Crippen molar-refractivity contribution in [2.45, 2.75) is 51.2 Å². The lowest BCUT2D eigenvalue weighted by atomic mass is 9.97. The maximum absolute atomic E-state index is 12.4. The van der Waals surface area contributed by atoms with E-state index in [-0.39, 0.29) is 18.1 Å². The van der Waals surface area contributed by atoms with Gasteiger partial charge in [0.25, 0.3) is 0 Å². The third-order valence-electron chi connectivity index (χ3n) is 4.41. The number of nitrogens with one attached hydrogen (secondary N) is 2. The fraction of sp³-hybridized carbons (Fsp3) is 0.529. The van der Waals surface area contributed by atoms with Crippen LogP contribution in [0, 0.1) is 5.92 Å². The number of hydrogen-bond donors (Lipinski definition) is 2. The number of carbonyl (C=O) groups excluding carboxylic acids is 1. The molecule has 23 heavy (non-hydrogen) atoms. The van der Waals surface area contributed by atoms with Crippen LogP contribution in [0.4, 0.5) is 4.79 Å². The molecule has 5 nitrogen and oxygen atoms in total. The van der Waals surface area contributed by atoms with E-state index in [0.717, 1.165) is 0 Å². The summed E-state index contributed by atoms with van der Waals surface area (Å²) >= 11 is 1.73. The van der Waals surface area contributed by atoms with Crippen molar-refractivity contribution in [1.82, 2.24) is 20.4 Å². The molecular weight excluding hydrogens is 308 g/mol. The molecule has 1 saturated carbocycles. The van der Waals surface area contributed by atoms with Gasteiger partial charge < -0.3 is 10.6 Å². The Morgan fingerprint density at radius 3 is 2.87 bits per heavy atom. The van der Waals surface area contributed by atoms with E-state index >= 15 is 0 Å². The minimum Gasteiger partial charge on any atom is -0.334 e. The zero-order chi connectivity index (χ0) is 16.1. The van der Waals surface area contributed by atoms with Gasteiger partial charge in [-0.3, -0.25) is 4.68 Å². The number of aromatic nitrogens is 2. The fourth-order valence-corrected chi connectivity index (χ4v) is 4.19. The lowest BCUT2D eigenvalue weighted by Crippen LogP contribution is -2.45. The van der Waals surface area contributed by atoms with Gasteiger partial charge in [-0.2, -0.15) is 5.10 Å². The summed E-state index contributed by atoms with van der Waals surface area (Å²) in [7, 11) is 0. The van der Waals surface area contributed by atoms with Gasteiger partial charge in [0.05, 0.1) is 12.6 Å². The molecule has 0 aliphatic heterocycles. The van der Waals surface area contributed by atoms with Gasteiger partial charge >= 0.3 is 6.03 Å². The van der Waals surface area contributed by atoms with Crippen LogP contribution in [0.1, 0.15) is 43.5 Å². The van der Waals surface area contributed by atoms with Crippen LogP contribution in [-0.2, 0) is 6.54 Å². The van der Waals surface area contributed by atoms with Crippen LogP contribution in [0.2, 0.25) is 0 Å². The zero-order valence-corrected chi connectivity index (χ0v) is 14.3. The van der Waals surface area contributed by atoms with Gasteiger partial charge in [-0.25, -0.2) is 4.79 Å². The van der Waals surface area contributed by atoms with E-state index in [1.165, 1.54) is 30.6 Å². The molecule has 6 heteroatoms. The number of thiophene rings is 1. The SMILES string of the molecule is C[C@@H](Cn1cccn1)NC(=O)N[C@H](c1cccs1)C1CCCC1. The molecule has 2 amide bonds.